The Kier molecular flexibility index (Phi) is 8.26. The highest BCUT2D eigenvalue weighted by Gasteiger charge is 2.40. The monoisotopic (exact) mass is 596 g/mol. The Hall–Kier alpha value is -2.61. The number of halogens is 2. The molecule has 2 fully saturated rings. The van der Waals surface area contributed by atoms with E-state index in [1.165, 1.54) is 5.56 Å². The number of aromatic nitrogens is 1. The fraction of sp³-hybridized carbons (Fsp3) is 0.400. The summed E-state index contributed by atoms with van der Waals surface area (Å²) in [6.45, 7) is 5.75. The van der Waals surface area contributed by atoms with Gasteiger partial charge >= 0.3 is 0 Å². The van der Waals surface area contributed by atoms with Crippen LogP contribution in [0.5, 0.6) is 5.88 Å². The quantitative estimate of drug-likeness (QED) is 0.324. The van der Waals surface area contributed by atoms with E-state index < -0.39 is 0 Å². The van der Waals surface area contributed by atoms with Crippen molar-refractivity contribution in [2.45, 2.75) is 44.2 Å². The molecule has 1 atom stereocenters. The number of amides is 1. The molecule has 2 aliphatic heterocycles. The summed E-state index contributed by atoms with van der Waals surface area (Å²) >= 11 is 9.86. The van der Waals surface area contributed by atoms with E-state index in [0.717, 1.165) is 43.2 Å². The Labute approximate surface area is 238 Å². The van der Waals surface area contributed by atoms with E-state index in [0.29, 0.717) is 41.2 Å². The van der Waals surface area contributed by atoms with Gasteiger partial charge in [0, 0.05) is 47.0 Å². The number of rotatable bonds is 6. The van der Waals surface area contributed by atoms with Crippen LogP contribution in [-0.4, -0.2) is 52.4 Å². The topological polar surface area (TPSA) is 71.7 Å². The van der Waals surface area contributed by atoms with Crippen molar-refractivity contribution in [3.05, 3.63) is 87.5 Å². The van der Waals surface area contributed by atoms with Crippen LogP contribution >= 0.6 is 27.5 Å². The molecule has 1 amide bonds. The average molecular weight is 598 g/mol. The van der Waals surface area contributed by atoms with E-state index in [1.54, 1.807) is 24.4 Å². The number of nitrogen functional groups attached to an aromatic ring is 1. The molecule has 0 saturated carbocycles. The normalized spacial score (nSPS) is 19.2. The van der Waals surface area contributed by atoms with Gasteiger partial charge < -0.3 is 15.4 Å². The predicted octanol–water partition coefficient (Wildman–Crippen LogP) is 6.61. The van der Waals surface area contributed by atoms with E-state index in [9.17, 15) is 4.79 Å². The van der Waals surface area contributed by atoms with Crippen LogP contribution in [0.4, 0.5) is 5.69 Å². The predicted molar refractivity (Wildman–Crippen MR) is 155 cm³/mol. The second-order valence-electron chi connectivity index (χ2n) is 10.6. The molecule has 5 rings (SSSR count). The molecule has 8 heteroatoms. The number of pyridine rings is 1. The highest BCUT2D eigenvalue weighted by Crippen LogP contribution is 2.39. The lowest BCUT2D eigenvalue weighted by molar-refractivity contribution is -0.00609. The molecule has 2 aliphatic rings. The number of hydrogen-bond acceptors (Lipinski definition) is 5. The van der Waals surface area contributed by atoms with Gasteiger partial charge in [-0.15, -0.1) is 0 Å². The number of ether oxygens (including phenoxy) is 1. The number of nitrogens with two attached hydrogens (primary N) is 1. The first kappa shape index (κ1) is 27.0. The third-order valence-corrected chi connectivity index (χ3v) is 9.05. The summed E-state index contributed by atoms with van der Waals surface area (Å²) < 4.78 is 7.54. The maximum Gasteiger partial charge on any atom is 0.257 e. The van der Waals surface area contributed by atoms with Gasteiger partial charge in [0.15, 0.2) is 0 Å². The van der Waals surface area contributed by atoms with E-state index in [-0.39, 0.29) is 17.6 Å². The standard InChI is InChI=1S/C30H34BrClN4O2/c1-30(14-19-35(20-15-30)29(37)27-24(32)5-4-6-25(27)33)36-17-12-22(13-18-36)28(21-8-10-23(31)11-9-21)38-26-7-2-3-16-34-26/h2-11,16,22,28H,12-15,17-20,33H2,1H3. The minimum Gasteiger partial charge on any atom is -0.469 e. The number of hydrogen-bond donors (Lipinski definition) is 1. The Bertz CT molecular complexity index is 1220. The van der Waals surface area contributed by atoms with Crippen LogP contribution in [0.15, 0.2) is 71.3 Å². The molecule has 0 aliphatic carbocycles. The van der Waals surface area contributed by atoms with E-state index in [4.69, 9.17) is 22.1 Å². The minimum atomic E-state index is -0.0714. The van der Waals surface area contributed by atoms with Gasteiger partial charge in [0.25, 0.3) is 5.91 Å². The molecule has 38 heavy (non-hydrogen) atoms. The molecule has 1 aromatic heterocycles. The Morgan fingerprint density at radius 2 is 1.76 bits per heavy atom. The van der Waals surface area contributed by atoms with Crippen molar-refractivity contribution < 1.29 is 9.53 Å². The molecule has 1 unspecified atom stereocenters. The summed E-state index contributed by atoms with van der Waals surface area (Å²) in [5.74, 6) is 0.978. The number of carbonyl (C=O) groups is 1. The molecule has 3 aromatic rings. The Balaban J connectivity index is 1.22. The van der Waals surface area contributed by atoms with Crippen LogP contribution in [0.25, 0.3) is 0 Å². The van der Waals surface area contributed by atoms with Crippen LogP contribution in [0.3, 0.4) is 0 Å². The maximum absolute atomic E-state index is 13.2. The fourth-order valence-electron chi connectivity index (χ4n) is 5.81. The maximum atomic E-state index is 13.2. The highest BCUT2D eigenvalue weighted by atomic mass is 79.9. The molecule has 200 valence electrons. The molecule has 2 aromatic carbocycles. The zero-order valence-electron chi connectivity index (χ0n) is 21.7. The third-order valence-electron chi connectivity index (χ3n) is 8.20. The lowest BCUT2D eigenvalue weighted by Crippen LogP contribution is -2.56. The van der Waals surface area contributed by atoms with E-state index >= 15 is 0 Å². The van der Waals surface area contributed by atoms with Crippen molar-refractivity contribution in [1.29, 1.82) is 0 Å². The van der Waals surface area contributed by atoms with Gasteiger partial charge in [0.2, 0.25) is 5.88 Å². The van der Waals surface area contributed by atoms with Gasteiger partial charge in [-0.25, -0.2) is 4.98 Å². The van der Waals surface area contributed by atoms with Crippen LogP contribution < -0.4 is 10.5 Å². The largest absolute Gasteiger partial charge is 0.469 e. The van der Waals surface area contributed by atoms with Crippen LogP contribution in [-0.2, 0) is 0 Å². The SMILES string of the molecule is CC1(N2CCC(C(Oc3ccccn3)c3ccc(Br)cc3)CC2)CCN(C(=O)c2c(N)cccc2Cl)CC1. The van der Waals surface area contributed by atoms with Crippen molar-refractivity contribution in [3.8, 4) is 5.88 Å². The van der Waals surface area contributed by atoms with Crippen molar-refractivity contribution in [2.24, 2.45) is 5.92 Å². The lowest BCUT2D eigenvalue weighted by Gasteiger charge is -2.49. The van der Waals surface area contributed by atoms with Gasteiger partial charge in [-0.05, 0) is 81.6 Å². The van der Waals surface area contributed by atoms with Gasteiger partial charge in [-0.3, -0.25) is 9.69 Å². The summed E-state index contributed by atoms with van der Waals surface area (Å²) in [6, 6.07) is 19.5. The number of benzene rings is 2. The molecule has 0 spiro atoms. The number of carbonyl (C=O) groups excluding carboxylic acids is 1. The zero-order valence-corrected chi connectivity index (χ0v) is 24.0. The second-order valence-corrected chi connectivity index (χ2v) is 11.9. The summed E-state index contributed by atoms with van der Waals surface area (Å²) in [7, 11) is 0. The van der Waals surface area contributed by atoms with Gasteiger partial charge in [0.05, 0.1) is 10.6 Å². The van der Waals surface area contributed by atoms with E-state index in [2.05, 4.69) is 57.0 Å². The number of likely N-dealkylation sites (tertiary alicyclic amines) is 2. The minimum absolute atomic E-state index is 0.0477. The number of anilines is 1. The first-order chi connectivity index (χ1) is 18.3. The van der Waals surface area contributed by atoms with Crippen molar-refractivity contribution in [1.82, 2.24) is 14.8 Å². The van der Waals surface area contributed by atoms with Gasteiger partial charge in [-0.2, -0.15) is 0 Å². The molecule has 2 saturated heterocycles. The van der Waals surface area contributed by atoms with Gasteiger partial charge in [0.1, 0.15) is 6.10 Å². The smallest absolute Gasteiger partial charge is 0.257 e. The number of piperidine rings is 2. The zero-order chi connectivity index (χ0) is 26.7. The fourth-order valence-corrected chi connectivity index (χ4v) is 6.34. The summed E-state index contributed by atoms with van der Waals surface area (Å²) in [5, 5.41) is 0.415. The summed E-state index contributed by atoms with van der Waals surface area (Å²) in [4.78, 5) is 22.1. The van der Waals surface area contributed by atoms with Crippen LogP contribution in [0.2, 0.25) is 5.02 Å². The van der Waals surface area contributed by atoms with E-state index in [1.807, 2.05) is 23.1 Å². The van der Waals surface area contributed by atoms with Crippen LogP contribution in [0.1, 0.15) is 54.6 Å². The van der Waals surface area contributed by atoms with Crippen molar-refractivity contribution in [2.75, 3.05) is 31.9 Å². The molecule has 0 radical (unpaired) electrons. The Morgan fingerprint density at radius 1 is 1.05 bits per heavy atom. The molecule has 2 N–H and O–H groups in total. The molecular formula is C30H34BrClN4O2. The van der Waals surface area contributed by atoms with Crippen LogP contribution in [0, 0.1) is 5.92 Å². The second kappa shape index (κ2) is 11.6. The van der Waals surface area contributed by atoms with Gasteiger partial charge in [-0.1, -0.05) is 51.8 Å². The third kappa shape index (κ3) is 5.85. The average Bonchev–Trinajstić information content (AvgIpc) is 2.93. The first-order valence-electron chi connectivity index (χ1n) is 13.3. The summed E-state index contributed by atoms with van der Waals surface area (Å²) in [6.07, 6.45) is 5.66. The lowest BCUT2D eigenvalue weighted by atomic mass is 9.82. The molecule has 6 nitrogen and oxygen atoms in total. The van der Waals surface area contributed by atoms with Crippen molar-refractivity contribution >= 4 is 39.1 Å². The molecular weight excluding hydrogens is 564 g/mol. The first-order valence-corrected chi connectivity index (χ1v) is 14.4. The molecule has 0 bridgehead atoms. The highest BCUT2D eigenvalue weighted by molar-refractivity contribution is 9.10. The Morgan fingerprint density at radius 3 is 2.39 bits per heavy atom. The number of nitrogens with zero attached hydrogens (tertiary/aromatic N) is 3. The molecule has 3 heterocycles. The summed E-state index contributed by atoms with van der Waals surface area (Å²) in [5.41, 5.74) is 8.17. The van der Waals surface area contributed by atoms with Crippen molar-refractivity contribution in [3.63, 3.8) is 0 Å².